The number of likely N-dealkylation sites (N-methyl/N-ethyl adjacent to an activating group) is 1. The van der Waals surface area contributed by atoms with E-state index in [1.54, 1.807) is 72.8 Å². The van der Waals surface area contributed by atoms with Crippen LogP contribution in [0.25, 0.3) is 0 Å². The number of rotatable bonds is 19. The van der Waals surface area contributed by atoms with Crippen LogP contribution in [0.1, 0.15) is 64.4 Å². The molecule has 0 bridgehead atoms. The predicted molar refractivity (Wildman–Crippen MR) is 312 cm³/mol. The molecule has 0 saturated heterocycles. The second-order valence-electron chi connectivity index (χ2n) is 19.6. The third-order valence-corrected chi connectivity index (χ3v) is 13.5. The van der Waals surface area contributed by atoms with E-state index in [4.69, 9.17) is 17.2 Å². The normalized spacial score (nSPS) is 13.4. The lowest BCUT2D eigenvalue weighted by atomic mass is 9.83. The summed E-state index contributed by atoms with van der Waals surface area (Å²) in [6.07, 6.45) is -2.61. The molecule has 0 aliphatic heterocycles. The van der Waals surface area contributed by atoms with E-state index in [-0.39, 0.29) is 67.0 Å². The lowest BCUT2D eigenvalue weighted by molar-refractivity contribution is -0.199. The van der Waals surface area contributed by atoms with E-state index in [2.05, 4.69) is 45.5 Å². The molecule has 0 fully saturated rings. The van der Waals surface area contributed by atoms with Crippen LogP contribution in [0.3, 0.4) is 0 Å². The lowest BCUT2D eigenvalue weighted by Crippen LogP contribution is -2.54. The molecule has 0 spiro atoms. The monoisotopic (exact) mass is 1110 g/mol. The zero-order chi connectivity index (χ0) is 58.7. The van der Waals surface area contributed by atoms with Crippen molar-refractivity contribution in [1.82, 2.24) is 21.3 Å². The largest absolute Gasteiger partial charge is 0.411 e. The molecule has 8 rings (SSSR count). The number of amides is 3. The summed E-state index contributed by atoms with van der Waals surface area (Å²) in [5, 5.41) is 11.4. The fraction of sp³-hybridized carbons (Fsp3) is 0.227. The van der Waals surface area contributed by atoms with Gasteiger partial charge in [-0.05, 0) is 109 Å². The summed E-state index contributed by atoms with van der Waals surface area (Å²) in [4.78, 5) is 35.0. The van der Waals surface area contributed by atoms with Gasteiger partial charge in [0.05, 0.1) is 36.8 Å². The summed E-state index contributed by atoms with van der Waals surface area (Å²) in [7, 11) is 1.35. The molecule has 10 N–H and O–H groups in total. The molecule has 424 valence electrons. The third kappa shape index (κ3) is 19.8. The molecule has 10 nitrogen and oxygen atoms in total. The molecule has 3 amide bonds. The number of nitrogens with one attached hydrogen (secondary N) is 4. The van der Waals surface area contributed by atoms with Crippen molar-refractivity contribution in [3.63, 3.8) is 0 Å². The van der Waals surface area contributed by atoms with Crippen LogP contribution in [-0.2, 0) is 56.7 Å². The van der Waals surface area contributed by atoms with Crippen LogP contribution in [-0.4, -0.2) is 50.6 Å². The van der Waals surface area contributed by atoms with Gasteiger partial charge < -0.3 is 38.5 Å². The molecule has 4 unspecified atom stereocenters. The van der Waals surface area contributed by atoms with Gasteiger partial charge in [-0.25, -0.2) is 8.78 Å². The maximum atomic E-state index is 13.7. The van der Waals surface area contributed by atoms with Crippen LogP contribution >= 0.6 is 0 Å². The Balaban J connectivity index is 0.000000198. The molecule has 0 aliphatic rings. The second-order valence-corrected chi connectivity index (χ2v) is 19.6. The van der Waals surface area contributed by atoms with Gasteiger partial charge in [-0.1, -0.05) is 206 Å². The number of carbonyl (C=O) groups is 3. The molecule has 8 aromatic carbocycles. The summed E-state index contributed by atoms with van der Waals surface area (Å²) >= 11 is 0. The Labute approximate surface area is 472 Å². The molecule has 0 radical (unpaired) electrons. The van der Waals surface area contributed by atoms with Crippen molar-refractivity contribution < 1.29 is 36.3 Å². The van der Waals surface area contributed by atoms with Crippen molar-refractivity contribution >= 4 is 17.7 Å². The van der Waals surface area contributed by atoms with E-state index in [0.29, 0.717) is 12.0 Å². The van der Waals surface area contributed by atoms with Gasteiger partial charge in [-0.3, -0.25) is 14.4 Å². The van der Waals surface area contributed by atoms with E-state index >= 15 is 0 Å². The number of halogens is 5. The number of hydrogen-bond acceptors (Lipinski definition) is 7. The van der Waals surface area contributed by atoms with Crippen molar-refractivity contribution in [3.05, 3.63) is 287 Å². The van der Waals surface area contributed by atoms with E-state index < -0.39 is 22.8 Å². The Morgan fingerprint density at radius 3 is 1.15 bits per heavy atom. The molecule has 4 atom stereocenters. The fourth-order valence-electron chi connectivity index (χ4n) is 9.20. The minimum Gasteiger partial charge on any atom is -0.348 e. The molecule has 0 heterocycles. The van der Waals surface area contributed by atoms with E-state index in [9.17, 15) is 36.3 Å². The number of benzene rings is 8. The second kappa shape index (κ2) is 31.5. The summed E-state index contributed by atoms with van der Waals surface area (Å²) in [5.74, 6) is -1.26. The molecule has 8 aromatic rings. The highest BCUT2D eigenvalue weighted by atomic mass is 19.4. The molecular formula is C66H72F5N7O3. The minimum absolute atomic E-state index is 0.00276. The van der Waals surface area contributed by atoms with E-state index in [0.717, 1.165) is 35.1 Å². The smallest absolute Gasteiger partial charge is 0.348 e. The van der Waals surface area contributed by atoms with Crippen LogP contribution in [0.5, 0.6) is 0 Å². The fourth-order valence-corrected chi connectivity index (χ4v) is 9.20. The maximum absolute atomic E-state index is 13.7. The van der Waals surface area contributed by atoms with Crippen molar-refractivity contribution in [2.75, 3.05) is 26.7 Å². The Kier molecular flexibility index (Phi) is 24.7. The topological polar surface area (TPSA) is 177 Å². The van der Waals surface area contributed by atoms with Gasteiger partial charge in [0.2, 0.25) is 17.7 Å². The van der Waals surface area contributed by atoms with Gasteiger partial charge in [0.1, 0.15) is 17.2 Å². The maximum Gasteiger partial charge on any atom is 0.411 e. The quantitative estimate of drug-likeness (QED) is 0.0394. The Morgan fingerprint density at radius 2 is 0.753 bits per heavy atom. The third-order valence-electron chi connectivity index (χ3n) is 13.5. The Hall–Kier alpha value is -8.34. The Bertz CT molecular complexity index is 3100. The molecule has 0 aromatic heterocycles. The van der Waals surface area contributed by atoms with Gasteiger partial charge in [-0.15, -0.1) is 0 Å². The minimum atomic E-state index is -4.39. The summed E-state index contributed by atoms with van der Waals surface area (Å²) in [6, 6.07) is 68.8. The Morgan fingerprint density at radius 1 is 0.420 bits per heavy atom. The molecule has 15 heteroatoms. The molecule has 81 heavy (non-hydrogen) atoms. The van der Waals surface area contributed by atoms with Crippen LogP contribution in [0.4, 0.5) is 22.0 Å². The lowest BCUT2D eigenvalue weighted by Gasteiger charge is -2.36. The zero-order valence-electron chi connectivity index (χ0n) is 45.8. The van der Waals surface area contributed by atoms with Gasteiger partial charge >= 0.3 is 6.18 Å². The first-order valence-electron chi connectivity index (χ1n) is 26.4. The first kappa shape index (κ1) is 63.5. The van der Waals surface area contributed by atoms with Crippen molar-refractivity contribution in [2.24, 2.45) is 17.2 Å². The summed E-state index contributed by atoms with van der Waals surface area (Å²) in [5.41, 5.74) is 19.9. The number of alkyl halides is 3. The zero-order valence-corrected chi connectivity index (χ0v) is 45.8. The number of hydrogen-bond donors (Lipinski definition) is 7. The van der Waals surface area contributed by atoms with Crippen molar-refractivity contribution in [1.29, 1.82) is 0 Å². The van der Waals surface area contributed by atoms with E-state index in [1.807, 2.05) is 111 Å². The van der Waals surface area contributed by atoms with Crippen molar-refractivity contribution in [3.8, 4) is 0 Å². The highest BCUT2D eigenvalue weighted by Gasteiger charge is 2.54. The van der Waals surface area contributed by atoms with Gasteiger partial charge in [-0.2, -0.15) is 13.2 Å². The van der Waals surface area contributed by atoms with Gasteiger partial charge in [0, 0.05) is 6.42 Å². The standard InChI is InChI=1S/C17H18F2N2O.C17H20N2O.C16H16F3N.C16H18N2O/c1-17(21-16(22)11-20,13-4-8-15(19)9-5-13)10-12-2-6-14(18)7-3-12;1-17(19-16(20)13-18,15-10-6-3-7-11-15)12-14-8-4-2-5-9-14;1-20-15(16(17,18)19,14-10-6-3-7-11-14)12-13-8-4-2-5-9-13;17-12-16(19)18-15(14-9-5-2-6-10-14)11-13-7-3-1-4-8-13/h2-9H,10-11,20H2,1H3,(H,21,22);2-11H,12-13,18H2,1H3,(H,19,20);2-11,20H,12H2,1H3;1-10,15H,11-12,17H2,(H,18,19). The molecular weight excluding hydrogens is 1030 g/mol. The number of carbonyl (C=O) groups excluding carboxylic acids is 3. The highest BCUT2D eigenvalue weighted by Crippen LogP contribution is 2.41. The van der Waals surface area contributed by atoms with Crippen LogP contribution in [0, 0.1) is 11.6 Å². The first-order chi connectivity index (χ1) is 38.8. The summed E-state index contributed by atoms with van der Waals surface area (Å²) in [6.45, 7) is 3.73. The predicted octanol–water partition coefficient (Wildman–Crippen LogP) is 10.7. The van der Waals surface area contributed by atoms with Gasteiger partial charge in [0.15, 0.2) is 0 Å². The highest BCUT2D eigenvalue weighted by molar-refractivity contribution is 5.79. The average Bonchev–Trinajstić information content (AvgIpc) is 3.65. The van der Waals surface area contributed by atoms with Crippen LogP contribution in [0.2, 0.25) is 0 Å². The van der Waals surface area contributed by atoms with Crippen molar-refractivity contribution in [2.45, 2.75) is 68.4 Å². The van der Waals surface area contributed by atoms with E-state index in [1.165, 1.54) is 54.6 Å². The molecule has 0 saturated carbocycles. The molecule has 0 aliphatic carbocycles. The average molecular weight is 1110 g/mol. The van der Waals surface area contributed by atoms with Gasteiger partial charge in [0.25, 0.3) is 0 Å². The van der Waals surface area contributed by atoms with Crippen LogP contribution in [0.15, 0.2) is 231 Å². The summed E-state index contributed by atoms with van der Waals surface area (Å²) < 4.78 is 67.2. The first-order valence-corrected chi connectivity index (χ1v) is 26.4. The number of nitrogens with two attached hydrogens (primary N) is 3. The SMILES string of the molecule is CC(Cc1ccc(F)cc1)(NC(=O)CN)c1ccc(F)cc1.CC(Cc1ccccc1)(NC(=O)CN)c1ccccc1.CNC(Cc1ccccc1)(c1ccccc1)C(F)(F)F.NCC(=O)NC(Cc1ccccc1)c1ccccc1. The van der Waals surface area contributed by atoms with Crippen LogP contribution < -0.4 is 38.5 Å².